The maximum atomic E-state index is 5.94. The maximum Gasteiger partial charge on any atom is 0.174 e. The van der Waals surface area contributed by atoms with Crippen molar-refractivity contribution < 1.29 is 4.74 Å². The summed E-state index contributed by atoms with van der Waals surface area (Å²) in [6, 6.07) is 17.4. The van der Waals surface area contributed by atoms with E-state index in [1.165, 1.54) is 49.1 Å². The SMILES string of the molecule is Cc1cc(C2C(c3ccccn3)NC(=S)N2c2ccc(OC(C)C)cc2)c(C)n1C1CCCCC1. The van der Waals surface area contributed by atoms with Gasteiger partial charge in [0.25, 0.3) is 0 Å². The summed E-state index contributed by atoms with van der Waals surface area (Å²) < 4.78 is 8.47. The van der Waals surface area contributed by atoms with E-state index < -0.39 is 0 Å². The van der Waals surface area contributed by atoms with Crippen molar-refractivity contribution in [1.29, 1.82) is 0 Å². The number of hydrogen-bond donors (Lipinski definition) is 1. The summed E-state index contributed by atoms with van der Waals surface area (Å²) in [6.07, 6.45) is 8.53. The number of aromatic nitrogens is 2. The molecule has 2 unspecified atom stereocenters. The minimum Gasteiger partial charge on any atom is -0.491 e. The fourth-order valence-electron chi connectivity index (χ4n) is 5.91. The molecule has 1 saturated carbocycles. The van der Waals surface area contributed by atoms with Crippen LogP contribution in [-0.4, -0.2) is 20.8 Å². The zero-order valence-corrected chi connectivity index (χ0v) is 22.0. The quantitative estimate of drug-likeness (QED) is 0.380. The van der Waals surface area contributed by atoms with Gasteiger partial charge in [-0.1, -0.05) is 25.3 Å². The molecule has 5 rings (SSSR count). The minimum absolute atomic E-state index is 0.0119. The number of benzene rings is 1. The Hall–Kier alpha value is -2.86. The van der Waals surface area contributed by atoms with E-state index in [0.29, 0.717) is 6.04 Å². The number of nitrogens with zero attached hydrogens (tertiary/aromatic N) is 3. The highest BCUT2D eigenvalue weighted by Gasteiger charge is 2.42. The summed E-state index contributed by atoms with van der Waals surface area (Å²) in [5.41, 5.74) is 6.06. The lowest BCUT2D eigenvalue weighted by Crippen LogP contribution is -2.29. The van der Waals surface area contributed by atoms with Crippen LogP contribution in [0.5, 0.6) is 5.75 Å². The van der Waals surface area contributed by atoms with Gasteiger partial charge >= 0.3 is 0 Å². The van der Waals surface area contributed by atoms with Crippen molar-refractivity contribution in [3.05, 3.63) is 77.4 Å². The summed E-state index contributed by atoms with van der Waals surface area (Å²) in [4.78, 5) is 6.98. The van der Waals surface area contributed by atoms with E-state index in [1.807, 2.05) is 38.2 Å². The smallest absolute Gasteiger partial charge is 0.174 e. The molecule has 0 bridgehead atoms. The highest BCUT2D eigenvalue weighted by Crippen LogP contribution is 2.44. The normalized spacial score (nSPS) is 20.9. The van der Waals surface area contributed by atoms with Crippen LogP contribution in [-0.2, 0) is 0 Å². The molecule has 1 saturated heterocycles. The molecule has 2 aliphatic rings. The zero-order chi connectivity index (χ0) is 24.5. The van der Waals surface area contributed by atoms with Crippen LogP contribution in [0.3, 0.4) is 0 Å². The Morgan fingerprint density at radius 3 is 2.43 bits per heavy atom. The van der Waals surface area contributed by atoms with Crippen LogP contribution in [0.2, 0.25) is 0 Å². The molecule has 6 heteroatoms. The molecule has 184 valence electrons. The fourth-order valence-corrected chi connectivity index (χ4v) is 6.26. The highest BCUT2D eigenvalue weighted by molar-refractivity contribution is 7.80. The topological polar surface area (TPSA) is 42.3 Å². The zero-order valence-electron chi connectivity index (χ0n) is 21.2. The molecule has 35 heavy (non-hydrogen) atoms. The predicted molar refractivity (Wildman–Crippen MR) is 146 cm³/mol. The second kappa shape index (κ2) is 10.0. The lowest BCUT2D eigenvalue weighted by Gasteiger charge is -2.30. The number of nitrogens with one attached hydrogen (secondary N) is 1. The first-order valence-corrected chi connectivity index (χ1v) is 13.3. The van der Waals surface area contributed by atoms with Crippen molar-refractivity contribution >= 4 is 23.0 Å². The molecule has 2 atom stereocenters. The van der Waals surface area contributed by atoms with Gasteiger partial charge in [-0.05, 0) is 101 Å². The number of thiocarbonyl (C=S) groups is 1. The molecule has 1 N–H and O–H groups in total. The van der Waals surface area contributed by atoms with E-state index in [9.17, 15) is 0 Å². The van der Waals surface area contributed by atoms with Crippen molar-refractivity contribution in [3.63, 3.8) is 0 Å². The molecule has 3 aromatic rings. The summed E-state index contributed by atoms with van der Waals surface area (Å²) in [5, 5.41) is 4.33. The van der Waals surface area contributed by atoms with E-state index >= 15 is 0 Å². The van der Waals surface area contributed by atoms with E-state index in [1.54, 1.807) is 0 Å². The lowest BCUT2D eigenvalue weighted by atomic mass is 9.94. The van der Waals surface area contributed by atoms with Gasteiger partial charge < -0.3 is 19.5 Å². The van der Waals surface area contributed by atoms with Gasteiger partial charge in [-0.25, -0.2) is 0 Å². The van der Waals surface area contributed by atoms with E-state index in [0.717, 1.165) is 22.2 Å². The molecular weight excluding hydrogens is 452 g/mol. The van der Waals surface area contributed by atoms with Gasteiger partial charge in [0, 0.05) is 29.3 Å². The van der Waals surface area contributed by atoms with Crippen LogP contribution in [0.4, 0.5) is 5.69 Å². The molecule has 2 fully saturated rings. The van der Waals surface area contributed by atoms with Crippen LogP contribution < -0.4 is 15.0 Å². The predicted octanol–water partition coefficient (Wildman–Crippen LogP) is 6.97. The number of ether oxygens (including phenoxy) is 1. The Bertz CT molecular complexity index is 1170. The third-order valence-corrected chi connectivity index (χ3v) is 7.68. The third-order valence-electron chi connectivity index (χ3n) is 7.37. The van der Waals surface area contributed by atoms with Gasteiger partial charge in [0.05, 0.1) is 23.9 Å². The first-order valence-electron chi connectivity index (χ1n) is 12.9. The molecule has 0 amide bonds. The molecule has 1 aliphatic heterocycles. The van der Waals surface area contributed by atoms with Gasteiger partial charge in [0.15, 0.2) is 5.11 Å². The Balaban J connectivity index is 1.58. The average Bonchev–Trinajstić information content (AvgIpc) is 3.35. The van der Waals surface area contributed by atoms with Crippen molar-refractivity contribution in [2.75, 3.05) is 4.90 Å². The maximum absolute atomic E-state index is 5.94. The van der Waals surface area contributed by atoms with Crippen LogP contribution in [0.25, 0.3) is 0 Å². The number of anilines is 1. The van der Waals surface area contributed by atoms with Gasteiger partial charge in [0.2, 0.25) is 0 Å². The third kappa shape index (κ3) is 4.68. The summed E-state index contributed by atoms with van der Waals surface area (Å²) in [6.45, 7) is 8.63. The van der Waals surface area contributed by atoms with Crippen molar-refractivity contribution in [3.8, 4) is 5.75 Å². The largest absolute Gasteiger partial charge is 0.491 e. The number of aryl methyl sites for hydroxylation is 1. The standard InChI is InChI=1S/C29H36N4OS/c1-19(2)34-24-15-13-23(14-16-24)33-28(27(31-29(33)35)26-12-8-9-17-30-26)25-18-20(3)32(21(25)4)22-10-6-5-7-11-22/h8-9,12-19,22,27-28H,5-7,10-11H2,1-4H3,(H,31,35). The molecule has 3 heterocycles. The van der Waals surface area contributed by atoms with Gasteiger partial charge in [0.1, 0.15) is 5.75 Å². The molecule has 5 nitrogen and oxygen atoms in total. The summed E-state index contributed by atoms with van der Waals surface area (Å²) >= 11 is 5.94. The Kier molecular flexibility index (Phi) is 6.83. The van der Waals surface area contributed by atoms with E-state index in [2.05, 4.69) is 59.0 Å². The van der Waals surface area contributed by atoms with Crippen LogP contribution >= 0.6 is 12.2 Å². The highest BCUT2D eigenvalue weighted by atomic mass is 32.1. The molecule has 1 aromatic carbocycles. The van der Waals surface area contributed by atoms with Crippen molar-refractivity contribution in [1.82, 2.24) is 14.9 Å². The van der Waals surface area contributed by atoms with Crippen LogP contribution in [0, 0.1) is 13.8 Å². The van der Waals surface area contributed by atoms with Crippen LogP contribution in [0.1, 0.15) is 86.7 Å². The second-order valence-corrected chi connectivity index (χ2v) is 10.5. The first-order chi connectivity index (χ1) is 16.9. The number of pyridine rings is 1. The Labute approximate surface area is 214 Å². The number of hydrogen-bond acceptors (Lipinski definition) is 3. The average molecular weight is 489 g/mol. The van der Waals surface area contributed by atoms with E-state index in [4.69, 9.17) is 21.9 Å². The molecular formula is C29H36N4OS. The van der Waals surface area contributed by atoms with E-state index in [-0.39, 0.29) is 18.2 Å². The minimum atomic E-state index is -0.0319. The Morgan fingerprint density at radius 2 is 1.77 bits per heavy atom. The van der Waals surface area contributed by atoms with Crippen molar-refractivity contribution in [2.24, 2.45) is 0 Å². The molecule has 1 aliphatic carbocycles. The molecule has 2 aromatic heterocycles. The van der Waals surface area contributed by atoms with Gasteiger partial charge in [-0.2, -0.15) is 0 Å². The Morgan fingerprint density at radius 1 is 1.03 bits per heavy atom. The molecule has 0 radical (unpaired) electrons. The van der Waals surface area contributed by atoms with Crippen LogP contribution in [0.15, 0.2) is 54.7 Å². The van der Waals surface area contributed by atoms with Crippen molar-refractivity contribution in [2.45, 2.75) is 84.0 Å². The second-order valence-electron chi connectivity index (χ2n) is 10.1. The first kappa shape index (κ1) is 23.9. The number of rotatable bonds is 6. The lowest BCUT2D eigenvalue weighted by molar-refractivity contribution is 0.242. The summed E-state index contributed by atoms with van der Waals surface area (Å²) in [5.74, 6) is 0.870. The summed E-state index contributed by atoms with van der Waals surface area (Å²) in [7, 11) is 0. The molecule has 0 spiro atoms. The monoisotopic (exact) mass is 488 g/mol. The fraction of sp³-hybridized carbons (Fsp3) is 0.448. The van der Waals surface area contributed by atoms with Gasteiger partial charge in [-0.15, -0.1) is 0 Å². The van der Waals surface area contributed by atoms with Gasteiger partial charge in [-0.3, -0.25) is 4.98 Å².